The van der Waals surface area contributed by atoms with Gasteiger partial charge in [0.05, 0.1) is 6.54 Å². The highest BCUT2D eigenvalue weighted by Crippen LogP contribution is 2.12. The van der Waals surface area contributed by atoms with Gasteiger partial charge >= 0.3 is 0 Å². The SMILES string of the molecule is COCC(=O)N1CCCN(Cc2ccc(CO)o2)CC1. The van der Waals surface area contributed by atoms with Crippen molar-refractivity contribution in [2.24, 2.45) is 0 Å². The first-order chi connectivity index (χ1) is 9.72. The number of hydrogen-bond donors (Lipinski definition) is 1. The second-order valence-corrected chi connectivity index (χ2v) is 4.97. The topological polar surface area (TPSA) is 66.2 Å². The molecule has 1 aromatic rings. The van der Waals surface area contributed by atoms with Crippen molar-refractivity contribution in [3.63, 3.8) is 0 Å². The van der Waals surface area contributed by atoms with Gasteiger partial charge < -0.3 is 19.2 Å². The Morgan fingerprint density at radius 3 is 2.80 bits per heavy atom. The molecule has 1 N–H and O–H groups in total. The van der Waals surface area contributed by atoms with Crippen LogP contribution in [0.4, 0.5) is 0 Å². The van der Waals surface area contributed by atoms with Crippen LogP contribution in [0, 0.1) is 0 Å². The quantitative estimate of drug-likeness (QED) is 0.849. The molecular weight excluding hydrogens is 260 g/mol. The highest BCUT2D eigenvalue weighted by atomic mass is 16.5. The summed E-state index contributed by atoms with van der Waals surface area (Å²) in [4.78, 5) is 15.9. The van der Waals surface area contributed by atoms with Crippen LogP contribution in [-0.4, -0.2) is 60.7 Å². The second kappa shape index (κ2) is 7.42. The Hall–Kier alpha value is -1.37. The molecule has 0 aliphatic carbocycles. The monoisotopic (exact) mass is 282 g/mol. The molecule has 0 atom stereocenters. The smallest absolute Gasteiger partial charge is 0.248 e. The summed E-state index contributed by atoms with van der Waals surface area (Å²) in [5.74, 6) is 1.49. The van der Waals surface area contributed by atoms with Crippen molar-refractivity contribution in [1.82, 2.24) is 9.80 Å². The minimum absolute atomic E-state index is 0.0508. The van der Waals surface area contributed by atoms with Crippen molar-refractivity contribution >= 4 is 5.91 Å². The largest absolute Gasteiger partial charge is 0.462 e. The summed E-state index contributed by atoms with van der Waals surface area (Å²) in [5, 5.41) is 8.98. The van der Waals surface area contributed by atoms with E-state index in [-0.39, 0.29) is 19.1 Å². The van der Waals surface area contributed by atoms with E-state index in [1.165, 1.54) is 7.11 Å². The minimum Gasteiger partial charge on any atom is -0.462 e. The van der Waals surface area contributed by atoms with E-state index in [9.17, 15) is 4.79 Å². The average Bonchev–Trinajstić information content (AvgIpc) is 2.76. The molecule has 1 aromatic heterocycles. The third-order valence-corrected chi connectivity index (χ3v) is 3.46. The maximum absolute atomic E-state index is 11.8. The molecule has 6 heteroatoms. The Morgan fingerprint density at radius 2 is 2.10 bits per heavy atom. The van der Waals surface area contributed by atoms with Gasteiger partial charge in [-0.3, -0.25) is 9.69 Å². The number of carbonyl (C=O) groups excluding carboxylic acids is 1. The number of ether oxygens (including phenoxy) is 1. The Labute approximate surface area is 118 Å². The highest BCUT2D eigenvalue weighted by molar-refractivity contribution is 5.77. The fourth-order valence-electron chi connectivity index (χ4n) is 2.41. The molecule has 2 heterocycles. The zero-order chi connectivity index (χ0) is 14.4. The van der Waals surface area contributed by atoms with Crippen molar-refractivity contribution in [2.75, 3.05) is 39.9 Å². The van der Waals surface area contributed by atoms with Crippen LogP contribution in [0.3, 0.4) is 0 Å². The standard InChI is InChI=1S/C14H22N2O4/c1-19-11-14(18)16-6-2-5-15(7-8-16)9-12-3-4-13(10-17)20-12/h3-4,17H,2,5-11H2,1H3. The number of rotatable bonds is 5. The lowest BCUT2D eigenvalue weighted by Gasteiger charge is -2.21. The van der Waals surface area contributed by atoms with E-state index in [1.54, 1.807) is 6.07 Å². The second-order valence-electron chi connectivity index (χ2n) is 4.97. The summed E-state index contributed by atoms with van der Waals surface area (Å²) in [5.41, 5.74) is 0. The maximum atomic E-state index is 11.8. The molecule has 0 radical (unpaired) electrons. The molecule has 0 saturated carbocycles. The zero-order valence-corrected chi connectivity index (χ0v) is 11.9. The number of aliphatic hydroxyl groups excluding tert-OH is 1. The lowest BCUT2D eigenvalue weighted by Crippen LogP contribution is -2.37. The summed E-state index contributed by atoms with van der Waals surface area (Å²) in [6.45, 7) is 4.05. The minimum atomic E-state index is -0.0701. The van der Waals surface area contributed by atoms with Gasteiger partial charge in [-0.05, 0) is 18.6 Å². The molecule has 1 aliphatic heterocycles. The third kappa shape index (κ3) is 4.06. The molecular formula is C14H22N2O4. The molecule has 0 bridgehead atoms. The van der Waals surface area contributed by atoms with Crippen LogP contribution >= 0.6 is 0 Å². The molecule has 6 nitrogen and oxygen atoms in total. The van der Waals surface area contributed by atoms with E-state index in [0.29, 0.717) is 12.3 Å². The molecule has 0 unspecified atom stereocenters. The molecule has 1 saturated heterocycles. The lowest BCUT2D eigenvalue weighted by molar-refractivity contribution is -0.135. The van der Waals surface area contributed by atoms with Crippen molar-refractivity contribution in [3.8, 4) is 0 Å². The average molecular weight is 282 g/mol. The Balaban J connectivity index is 1.84. The molecule has 0 aromatic carbocycles. The summed E-state index contributed by atoms with van der Waals surface area (Å²) < 4.78 is 10.4. The van der Waals surface area contributed by atoms with E-state index in [0.717, 1.165) is 38.4 Å². The molecule has 0 spiro atoms. The number of aliphatic hydroxyl groups is 1. The lowest BCUT2D eigenvalue weighted by atomic mass is 10.3. The van der Waals surface area contributed by atoms with Crippen molar-refractivity contribution in [2.45, 2.75) is 19.6 Å². The van der Waals surface area contributed by atoms with Crippen LogP contribution in [0.2, 0.25) is 0 Å². The summed E-state index contributed by atoms with van der Waals surface area (Å²) in [6, 6.07) is 3.69. The number of nitrogens with zero attached hydrogens (tertiary/aromatic N) is 2. The van der Waals surface area contributed by atoms with Gasteiger partial charge in [0, 0.05) is 33.3 Å². The van der Waals surface area contributed by atoms with Crippen molar-refractivity contribution in [3.05, 3.63) is 23.7 Å². The van der Waals surface area contributed by atoms with E-state index in [4.69, 9.17) is 14.3 Å². The predicted octanol–water partition coefficient (Wildman–Crippen LogP) is 0.453. The van der Waals surface area contributed by atoms with Crippen LogP contribution in [0.5, 0.6) is 0 Å². The van der Waals surface area contributed by atoms with Crippen LogP contribution in [0.15, 0.2) is 16.5 Å². The predicted molar refractivity (Wildman–Crippen MR) is 73.0 cm³/mol. The number of methoxy groups -OCH3 is 1. The normalized spacial score (nSPS) is 17.2. The summed E-state index contributed by atoms with van der Waals surface area (Å²) in [6.07, 6.45) is 0.947. The first-order valence-electron chi connectivity index (χ1n) is 6.90. The van der Waals surface area contributed by atoms with E-state index in [2.05, 4.69) is 4.90 Å². The van der Waals surface area contributed by atoms with E-state index < -0.39 is 0 Å². The van der Waals surface area contributed by atoms with Crippen LogP contribution in [-0.2, 0) is 22.7 Å². The van der Waals surface area contributed by atoms with Gasteiger partial charge in [-0.15, -0.1) is 0 Å². The van der Waals surface area contributed by atoms with Crippen LogP contribution < -0.4 is 0 Å². The van der Waals surface area contributed by atoms with Gasteiger partial charge in [-0.2, -0.15) is 0 Å². The van der Waals surface area contributed by atoms with Gasteiger partial charge in [0.15, 0.2) is 0 Å². The molecule has 20 heavy (non-hydrogen) atoms. The van der Waals surface area contributed by atoms with Gasteiger partial charge in [0.1, 0.15) is 24.7 Å². The maximum Gasteiger partial charge on any atom is 0.248 e. The number of amides is 1. The van der Waals surface area contributed by atoms with Crippen molar-refractivity contribution in [1.29, 1.82) is 0 Å². The molecule has 1 amide bonds. The Bertz CT molecular complexity index is 433. The van der Waals surface area contributed by atoms with Gasteiger partial charge in [-0.25, -0.2) is 0 Å². The third-order valence-electron chi connectivity index (χ3n) is 3.46. The molecule has 1 fully saturated rings. The first-order valence-corrected chi connectivity index (χ1v) is 6.90. The van der Waals surface area contributed by atoms with E-state index in [1.807, 2.05) is 11.0 Å². The Morgan fingerprint density at radius 1 is 1.30 bits per heavy atom. The summed E-state index contributed by atoms with van der Waals surface area (Å²) >= 11 is 0. The molecule has 1 aliphatic rings. The van der Waals surface area contributed by atoms with Crippen LogP contribution in [0.1, 0.15) is 17.9 Å². The highest BCUT2D eigenvalue weighted by Gasteiger charge is 2.19. The molecule has 2 rings (SSSR count). The number of hydrogen-bond acceptors (Lipinski definition) is 5. The van der Waals surface area contributed by atoms with Crippen molar-refractivity contribution < 1.29 is 19.1 Å². The van der Waals surface area contributed by atoms with Gasteiger partial charge in [0.2, 0.25) is 5.91 Å². The molecule has 112 valence electrons. The number of furan rings is 1. The fraction of sp³-hybridized carbons (Fsp3) is 0.643. The zero-order valence-electron chi connectivity index (χ0n) is 11.9. The summed E-state index contributed by atoms with van der Waals surface area (Å²) in [7, 11) is 1.54. The van der Waals surface area contributed by atoms with Gasteiger partial charge in [0.25, 0.3) is 0 Å². The Kier molecular flexibility index (Phi) is 5.58. The fourth-order valence-corrected chi connectivity index (χ4v) is 2.41. The first kappa shape index (κ1) is 15.0. The van der Waals surface area contributed by atoms with Crippen LogP contribution in [0.25, 0.3) is 0 Å². The van der Waals surface area contributed by atoms with Gasteiger partial charge in [-0.1, -0.05) is 0 Å². The van der Waals surface area contributed by atoms with E-state index >= 15 is 0 Å². The number of carbonyl (C=O) groups is 1.